The molecule has 0 saturated heterocycles. The molecular weight excluding hydrogens is 318 g/mol. The van der Waals surface area contributed by atoms with E-state index in [1.165, 1.54) is 28.7 Å². The molecule has 0 saturated carbocycles. The maximum absolute atomic E-state index is 4.84. The normalized spacial score (nSPS) is 13.6. The van der Waals surface area contributed by atoms with E-state index in [4.69, 9.17) is 9.97 Å². The number of aryl methyl sites for hydroxylation is 2. The summed E-state index contributed by atoms with van der Waals surface area (Å²) in [7, 11) is 4.17. The standard InChI is InChI=1S/C18H21N5S/c1-23(2)10-9-20-17-15-13-6-3-7-14(13)24-18(15)22-16(21-17)12-5-4-8-19-11-12/h4-5,8,11H,3,6-7,9-10H2,1-2H3,(H,20,21,22). The zero-order valence-electron chi connectivity index (χ0n) is 14.0. The smallest absolute Gasteiger partial charge is 0.164 e. The molecule has 3 aromatic heterocycles. The van der Waals surface area contributed by atoms with Gasteiger partial charge in [-0.1, -0.05) is 0 Å². The van der Waals surface area contributed by atoms with Crippen molar-refractivity contribution in [3.05, 3.63) is 35.0 Å². The molecule has 0 unspecified atom stereocenters. The summed E-state index contributed by atoms with van der Waals surface area (Å²) < 4.78 is 0. The highest BCUT2D eigenvalue weighted by Crippen LogP contribution is 2.40. The number of fused-ring (bicyclic) bond motifs is 3. The third kappa shape index (κ3) is 2.87. The zero-order valence-corrected chi connectivity index (χ0v) is 14.9. The maximum Gasteiger partial charge on any atom is 0.164 e. The molecule has 0 amide bonds. The van der Waals surface area contributed by atoms with Crippen molar-refractivity contribution >= 4 is 27.4 Å². The molecule has 3 heterocycles. The van der Waals surface area contributed by atoms with Crippen molar-refractivity contribution in [3.63, 3.8) is 0 Å². The highest BCUT2D eigenvalue weighted by molar-refractivity contribution is 7.19. The van der Waals surface area contributed by atoms with Crippen LogP contribution in [0.3, 0.4) is 0 Å². The van der Waals surface area contributed by atoms with Gasteiger partial charge in [-0.15, -0.1) is 11.3 Å². The van der Waals surface area contributed by atoms with E-state index in [0.717, 1.165) is 41.5 Å². The molecule has 0 aromatic carbocycles. The number of likely N-dealkylation sites (N-methyl/N-ethyl adjacent to an activating group) is 1. The van der Waals surface area contributed by atoms with Crippen LogP contribution in [0.15, 0.2) is 24.5 Å². The number of hydrogen-bond donors (Lipinski definition) is 1. The van der Waals surface area contributed by atoms with Crippen LogP contribution in [0, 0.1) is 0 Å². The Morgan fingerprint density at radius 3 is 2.96 bits per heavy atom. The first-order valence-corrected chi connectivity index (χ1v) is 9.15. The van der Waals surface area contributed by atoms with Crippen molar-refractivity contribution in [2.75, 3.05) is 32.5 Å². The Morgan fingerprint density at radius 2 is 2.17 bits per heavy atom. The second kappa shape index (κ2) is 6.45. The van der Waals surface area contributed by atoms with E-state index in [1.54, 1.807) is 6.20 Å². The zero-order chi connectivity index (χ0) is 16.5. The number of hydrogen-bond acceptors (Lipinski definition) is 6. The fraction of sp³-hybridized carbons (Fsp3) is 0.389. The van der Waals surface area contributed by atoms with Crippen LogP contribution < -0.4 is 5.32 Å². The molecular formula is C18H21N5S. The Morgan fingerprint density at radius 1 is 1.25 bits per heavy atom. The van der Waals surface area contributed by atoms with Gasteiger partial charge in [0.15, 0.2) is 5.82 Å². The summed E-state index contributed by atoms with van der Waals surface area (Å²) in [5, 5.41) is 4.77. The van der Waals surface area contributed by atoms with Gasteiger partial charge >= 0.3 is 0 Å². The van der Waals surface area contributed by atoms with Crippen molar-refractivity contribution < 1.29 is 0 Å². The summed E-state index contributed by atoms with van der Waals surface area (Å²) in [5.41, 5.74) is 2.42. The van der Waals surface area contributed by atoms with Gasteiger partial charge in [0, 0.05) is 35.9 Å². The fourth-order valence-corrected chi connectivity index (χ4v) is 4.41. The minimum Gasteiger partial charge on any atom is -0.368 e. The first kappa shape index (κ1) is 15.5. The molecule has 3 aromatic rings. The Bertz CT molecular complexity index is 857. The van der Waals surface area contributed by atoms with Gasteiger partial charge in [-0.25, -0.2) is 9.97 Å². The molecule has 0 aliphatic heterocycles. The molecule has 0 bridgehead atoms. The lowest BCUT2D eigenvalue weighted by molar-refractivity contribution is 0.425. The summed E-state index contributed by atoms with van der Waals surface area (Å²) in [6, 6.07) is 3.94. The minimum atomic E-state index is 0.753. The highest BCUT2D eigenvalue weighted by Gasteiger charge is 2.22. The van der Waals surface area contributed by atoms with Crippen LogP contribution in [0.1, 0.15) is 16.9 Å². The lowest BCUT2D eigenvalue weighted by Crippen LogP contribution is -2.21. The second-order valence-corrected chi connectivity index (χ2v) is 7.49. The molecule has 1 aliphatic carbocycles. The van der Waals surface area contributed by atoms with Crippen molar-refractivity contribution in [2.24, 2.45) is 0 Å². The molecule has 1 N–H and O–H groups in total. The van der Waals surface area contributed by atoms with Gasteiger partial charge in [0.1, 0.15) is 10.6 Å². The Balaban J connectivity index is 1.79. The van der Waals surface area contributed by atoms with Gasteiger partial charge in [0.2, 0.25) is 0 Å². The van der Waals surface area contributed by atoms with Gasteiger partial charge in [0.25, 0.3) is 0 Å². The molecule has 0 atom stereocenters. The predicted molar refractivity (Wildman–Crippen MR) is 99.7 cm³/mol. The highest BCUT2D eigenvalue weighted by atomic mass is 32.1. The fourth-order valence-electron chi connectivity index (χ4n) is 3.15. The molecule has 0 spiro atoms. The van der Waals surface area contributed by atoms with Crippen LogP contribution in [0.25, 0.3) is 21.6 Å². The first-order chi connectivity index (χ1) is 11.7. The third-order valence-electron chi connectivity index (χ3n) is 4.34. The summed E-state index contributed by atoms with van der Waals surface area (Å²) in [6.45, 7) is 1.84. The van der Waals surface area contributed by atoms with Gasteiger partial charge in [-0.3, -0.25) is 4.98 Å². The number of aromatic nitrogens is 3. The largest absolute Gasteiger partial charge is 0.368 e. The van der Waals surface area contributed by atoms with Crippen LogP contribution in [0.5, 0.6) is 0 Å². The Labute approximate surface area is 145 Å². The maximum atomic E-state index is 4.84. The van der Waals surface area contributed by atoms with Crippen LogP contribution >= 0.6 is 11.3 Å². The number of nitrogens with zero attached hydrogens (tertiary/aromatic N) is 4. The average molecular weight is 339 g/mol. The van der Waals surface area contributed by atoms with Gasteiger partial charge in [0.05, 0.1) is 5.39 Å². The molecule has 24 heavy (non-hydrogen) atoms. The van der Waals surface area contributed by atoms with Gasteiger partial charge in [-0.2, -0.15) is 0 Å². The number of thiophene rings is 1. The molecule has 6 heteroatoms. The summed E-state index contributed by atoms with van der Waals surface area (Å²) in [5.74, 6) is 1.72. The quantitative estimate of drug-likeness (QED) is 0.773. The molecule has 5 nitrogen and oxygen atoms in total. The SMILES string of the molecule is CN(C)CCNc1nc(-c2cccnc2)nc2sc3c(c12)CCC3. The van der Waals surface area contributed by atoms with Gasteiger partial charge < -0.3 is 10.2 Å². The topological polar surface area (TPSA) is 53.9 Å². The average Bonchev–Trinajstić information content (AvgIpc) is 3.15. The molecule has 124 valence electrons. The number of nitrogens with one attached hydrogen (secondary N) is 1. The predicted octanol–water partition coefficient (Wildman–Crippen LogP) is 3.22. The van der Waals surface area contributed by atoms with E-state index in [9.17, 15) is 0 Å². The van der Waals surface area contributed by atoms with E-state index < -0.39 is 0 Å². The third-order valence-corrected chi connectivity index (χ3v) is 5.52. The summed E-state index contributed by atoms with van der Waals surface area (Å²) >= 11 is 1.83. The lowest BCUT2D eigenvalue weighted by atomic mass is 10.2. The second-order valence-electron chi connectivity index (χ2n) is 6.41. The van der Waals surface area contributed by atoms with E-state index in [1.807, 2.05) is 29.7 Å². The molecule has 1 aliphatic rings. The van der Waals surface area contributed by atoms with Crippen LogP contribution in [0.4, 0.5) is 5.82 Å². The van der Waals surface area contributed by atoms with E-state index in [0.29, 0.717) is 0 Å². The Hall–Kier alpha value is -2.05. The van der Waals surface area contributed by atoms with Gasteiger partial charge in [-0.05, 0) is 51.1 Å². The van der Waals surface area contributed by atoms with Crippen LogP contribution in [0.2, 0.25) is 0 Å². The van der Waals surface area contributed by atoms with Crippen molar-refractivity contribution in [1.29, 1.82) is 0 Å². The van der Waals surface area contributed by atoms with E-state index in [-0.39, 0.29) is 0 Å². The number of pyridine rings is 1. The first-order valence-electron chi connectivity index (χ1n) is 8.33. The van der Waals surface area contributed by atoms with Crippen molar-refractivity contribution in [1.82, 2.24) is 19.9 Å². The Kier molecular flexibility index (Phi) is 4.16. The van der Waals surface area contributed by atoms with Crippen molar-refractivity contribution in [3.8, 4) is 11.4 Å². The van der Waals surface area contributed by atoms with Crippen LogP contribution in [-0.4, -0.2) is 47.0 Å². The monoisotopic (exact) mass is 339 g/mol. The number of anilines is 1. The van der Waals surface area contributed by atoms with E-state index >= 15 is 0 Å². The van der Waals surface area contributed by atoms with Crippen molar-refractivity contribution in [2.45, 2.75) is 19.3 Å². The van der Waals surface area contributed by atoms with E-state index in [2.05, 4.69) is 29.3 Å². The summed E-state index contributed by atoms with van der Waals surface area (Å²) in [4.78, 5) is 18.6. The summed E-state index contributed by atoms with van der Waals surface area (Å²) in [6.07, 6.45) is 7.17. The molecule has 4 rings (SSSR count). The molecule has 0 fully saturated rings. The van der Waals surface area contributed by atoms with Crippen LogP contribution in [-0.2, 0) is 12.8 Å². The minimum absolute atomic E-state index is 0.753. The lowest BCUT2D eigenvalue weighted by Gasteiger charge is -2.13. The molecule has 0 radical (unpaired) electrons. The number of rotatable bonds is 5.